The highest BCUT2D eigenvalue weighted by molar-refractivity contribution is 5.82. The number of hydrogen-bond donors (Lipinski definition) is 0. The number of benzene rings is 2. The molecule has 0 N–H and O–H groups in total. The zero-order valence-corrected chi connectivity index (χ0v) is 18.1. The highest BCUT2D eigenvalue weighted by atomic mass is 19.3. The molecular weight excluding hydrogens is 441 g/mol. The van der Waals surface area contributed by atoms with Crippen molar-refractivity contribution in [2.24, 2.45) is 5.92 Å². The number of halogens is 5. The van der Waals surface area contributed by atoms with Gasteiger partial charge in [0.05, 0.1) is 13.2 Å². The average molecular weight is 465 g/mol. The van der Waals surface area contributed by atoms with E-state index in [4.69, 9.17) is 4.74 Å². The second-order valence-corrected chi connectivity index (χ2v) is 9.35. The lowest BCUT2D eigenvalue weighted by Gasteiger charge is -2.33. The Morgan fingerprint density at radius 2 is 1.85 bits per heavy atom. The highest BCUT2D eigenvalue weighted by Gasteiger charge is 2.54. The van der Waals surface area contributed by atoms with Crippen LogP contribution in [-0.2, 0) is 16.0 Å². The van der Waals surface area contributed by atoms with Crippen LogP contribution in [0.5, 0.6) is 0 Å². The highest BCUT2D eigenvalue weighted by Crippen LogP contribution is 2.44. The maximum atomic E-state index is 15.5. The Morgan fingerprint density at radius 1 is 1.12 bits per heavy atom. The minimum absolute atomic E-state index is 0.0689. The summed E-state index contributed by atoms with van der Waals surface area (Å²) >= 11 is 0. The minimum Gasteiger partial charge on any atom is -0.368 e. The van der Waals surface area contributed by atoms with E-state index >= 15 is 4.39 Å². The second-order valence-electron chi connectivity index (χ2n) is 9.35. The Morgan fingerprint density at radius 3 is 2.48 bits per heavy atom. The summed E-state index contributed by atoms with van der Waals surface area (Å²) in [5, 5.41) is 0. The first-order chi connectivity index (χ1) is 15.7. The first-order valence-electron chi connectivity index (χ1n) is 11.2. The SMILES string of the molecule is C[C@@H]1[C@H](Cc2cccc(-c3cc(F)c(F)c(C4CC4)c3)c2F)N(C(=O)[C@H]2CCO2)CC1(F)F. The minimum atomic E-state index is -3.10. The molecule has 5 rings (SSSR count). The number of ether oxygens (including phenoxy) is 1. The predicted octanol–water partition coefficient (Wildman–Crippen LogP) is 5.46. The zero-order chi connectivity index (χ0) is 23.5. The molecule has 1 amide bonds. The normalized spacial score (nSPS) is 26.4. The van der Waals surface area contributed by atoms with Crippen LogP contribution in [0.4, 0.5) is 22.0 Å². The molecule has 0 aromatic heterocycles. The van der Waals surface area contributed by atoms with Crippen molar-refractivity contribution in [3.05, 3.63) is 58.9 Å². The van der Waals surface area contributed by atoms with E-state index in [2.05, 4.69) is 0 Å². The van der Waals surface area contributed by atoms with Crippen molar-refractivity contribution >= 4 is 5.91 Å². The molecule has 8 heteroatoms. The van der Waals surface area contributed by atoms with Gasteiger partial charge in [-0.05, 0) is 54.0 Å². The molecule has 3 atom stereocenters. The van der Waals surface area contributed by atoms with Crippen LogP contribution in [0.25, 0.3) is 11.1 Å². The van der Waals surface area contributed by atoms with Crippen molar-refractivity contribution in [1.82, 2.24) is 4.90 Å². The van der Waals surface area contributed by atoms with Gasteiger partial charge in [-0.3, -0.25) is 4.79 Å². The molecule has 0 unspecified atom stereocenters. The van der Waals surface area contributed by atoms with E-state index in [-0.39, 0.29) is 34.6 Å². The molecular formula is C25H24F5NO2. The van der Waals surface area contributed by atoms with E-state index in [0.29, 0.717) is 13.0 Å². The summed E-state index contributed by atoms with van der Waals surface area (Å²) in [5.74, 6) is -7.47. The van der Waals surface area contributed by atoms with E-state index in [0.717, 1.165) is 23.8 Å². The fourth-order valence-electron chi connectivity index (χ4n) is 4.83. The molecule has 2 aromatic carbocycles. The van der Waals surface area contributed by atoms with E-state index in [9.17, 15) is 22.4 Å². The molecule has 2 aromatic rings. The van der Waals surface area contributed by atoms with Crippen LogP contribution in [0, 0.1) is 23.4 Å². The molecule has 2 heterocycles. The summed E-state index contributed by atoms with van der Waals surface area (Å²) < 4.78 is 78.2. The number of alkyl halides is 2. The summed E-state index contributed by atoms with van der Waals surface area (Å²) in [5.41, 5.74) is 0.657. The van der Waals surface area contributed by atoms with Crippen LogP contribution in [0.15, 0.2) is 30.3 Å². The third-order valence-electron chi connectivity index (χ3n) is 7.17. The number of likely N-dealkylation sites (tertiary alicyclic amines) is 1. The van der Waals surface area contributed by atoms with Gasteiger partial charge < -0.3 is 9.64 Å². The molecule has 2 saturated heterocycles. The van der Waals surface area contributed by atoms with Gasteiger partial charge in [-0.25, -0.2) is 22.0 Å². The van der Waals surface area contributed by atoms with Gasteiger partial charge >= 0.3 is 0 Å². The third kappa shape index (κ3) is 3.92. The molecule has 176 valence electrons. The summed E-state index contributed by atoms with van der Waals surface area (Å²) in [6.45, 7) is 1.04. The molecule has 2 aliphatic heterocycles. The molecule has 0 spiro atoms. The van der Waals surface area contributed by atoms with Crippen LogP contribution in [0.1, 0.15) is 43.2 Å². The van der Waals surface area contributed by atoms with Crippen molar-refractivity contribution < 1.29 is 31.5 Å². The molecule has 1 aliphatic carbocycles. The molecule has 33 heavy (non-hydrogen) atoms. The Balaban J connectivity index is 1.47. The Labute approximate surface area is 188 Å². The third-order valence-corrected chi connectivity index (χ3v) is 7.17. The van der Waals surface area contributed by atoms with Crippen LogP contribution < -0.4 is 0 Å². The Bertz CT molecular complexity index is 1100. The van der Waals surface area contributed by atoms with Crippen LogP contribution in [0.3, 0.4) is 0 Å². The first kappa shape index (κ1) is 22.3. The van der Waals surface area contributed by atoms with Gasteiger partial charge in [0.2, 0.25) is 0 Å². The lowest BCUT2D eigenvalue weighted by Crippen LogP contribution is -2.49. The topological polar surface area (TPSA) is 29.5 Å². The van der Waals surface area contributed by atoms with Gasteiger partial charge in [-0.2, -0.15) is 0 Å². The standard InChI is InChI=1S/C25H24F5NO2/c1-13-20(31(12-25(13,29)30)24(32)21-7-8-33-21)11-15-3-2-4-17(22(15)27)16-9-18(14-5-6-14)23(28)19(26)10-16/h2-4,9-10,13-14,20-21H,5-8,11-12H2,1H3/t13-,20+,21-/m1/s1. The number of hydrogen-bond acceptors (Lipinski definition) is 2. The van der Waals surface area contributed by atoms with Gasteiger partial charge in [-0.1, -0.05) is 25.1 Å². The summed E-state index contributed by atoms with van der Waals surface area (Å²) in [7, 11) is 0. The maximum Gasteiger partial charge on any atom is 0.269 e. The molecule has 3 fully saturated rings. The van der Waals surface area contributed by atoms with E-state index in [1.54, 1.807) is 6.07 Å². The van der Waals surface area contributed by atoms with Crippen molar-refractivity contribution in [3.63, 3.8) is 0 Å². The fraction of sp³-hybridized carbons (Fsp3) is 0.480. The van der Waals surface area contributed by atoms with Crippen molar-refractivity contribution in [2.75, 3.05) is 13.2 Å². The summed E-state index contributed by atoms with van der Waals surface area (Å²) in [4.78, 5) is 13.8. The molecule has 0 radical (unpaired) electrons. The van der Waals surface area contributed by atoms with Crippen molar-refractivity contribution in [1.29, 1.82) is 0 Å². The number of rotatable bonds is 5. The average Bonchev–Trinajstić information content (AvgIpc) is 3.53. The lowest BCUT2D eigenvalue weighted by atomic mass is 9.91. The van der Waals surface area contributed by atoms with Crippen LogP contribution in [-0.4, -0.2) is 42.0 Å². The van der Waals surface area contributed by atoms with Gasteiger partial charge in [0.1, 0.15) is 11.9 Å². The number of amides is 1. The van der Waals surface area contributed by atoms with E-state index in [1.807, 2.05) is 0 Å². The van der Waals surface area contributed by atoms with E-state index in [1.165, 1.54) is 25.1 Å². The molecule has 3 nitrogen and oxygen atoms in total. The molecule has 1 saturated carbocycles. The largest absolute Gasteiger partial charge is 0.368 e. The predicted molar refractivity (Wildman–Crippen MR) is 111 cm³/mol. The smallest absolute Gasteiger partial charge is 0.269 e. The summed E-state index contributed by atoms with van der Waals surface area (Å²) in [6, 6.07) is 6.01. The van der Waals surface area contributed by atoms with Gasteiger partial charge in [0.15, 0.2) is 11.6 Å². The molecule has 3 aliphatic rings. The maximum absolute atomic E-state index is 15.5. The molecule has 0 bridgehead atoms. The first-order valence-corrected chi connectivity index (χ1v) is 11.2. The van der Waals surface area contributed by atoms with Gasteiger partial charge in [0, 0.05) is 23.9 Å². The second kappa shape index (κ2) is 8.08. The lowest BCUT2D eigenvalue weighted by molar-refractivity contribution is -0.158. The number of carbonyl (C=O) groups is 1. The quantitative estimate of drug-likeness (QED) is 0.549. The number of nitrogens with zero attached hydrogens (tertiary/aromatic N) is 1. The summed E-state index contributed by atoms with van der Waals surface area (Å²) in [6.07, 6.45) is 1.14. The van der Waals surface area contributed by atoms with Crippen molar-refractivity contribution in [3.8, 4) is 11.1 Å². The van der Waals surface area contributed by atoms with E-state index < -0.39 is 53.9 Å². The van der Waals surface area contributed by atoms with Crippen LogP contribution in [0.2, 0.25) is 0 Å². The van der Waals surface area contributed by atoms with Crippen LogP contribution >= 0.6 is 0 Å². The zero-order valence-electron chi connectivity index (χ0n) is 18.1. The Hall–Kier alpha value is -2.48. The van der Waals surface area contributed by atoms with Crippen molar-refractivity contribution in [2.45, 2.75) is 56.6 Å². The Kier molecular flexibility index (Phi) is 5.46. The van der Waals surface area contributed by atoms with Gasteiger partial charge in [-0.15, -0.1) is 0 Å². The number of carbonyl (C=O) groups excluding carboxylic acids is 1. The fourth-order valence-corrected chi connectivity index (χ4v) is 4.83. The van der Waals surface area contributed by atoms with Gasteiger partial charge in [0.25, 0.3) is 11.8 Å². The monoisotopic (exact) mass is 465 g/mol.